The number of aromatic hydroxyl groups is 3. The van der Waals surface area contributed by atoms with Gasteiger partial charge < -0.3 is 21.1 Å². The van der Waals surface area contributed by atoms with Crippen molar-refractivity contribution in [2.75, 3.05) is 0 Å². The Labute approximate surface area is 93.3 Å². The highest BCUT2D eigenvalue weighted by Crippen LogP contribution is 2.66. The monoisotopic (exact) mass is 221 g/mol. The highest BCUT2D eigenvalue weighted by molar-refractivity contribution is 5.57. The quantitative estimate of drug-likeness (QED) is 0.606. The van der Waals surface area contributed by atoms with E-state index in [4.69, 9.17) is 5.73 Å². The van der Waals surface area contributed by atoms with Crippen LogP contribution in [0.2, 0.25) is 0 Å². The molecule has 0 radical (unpaired) electrons. The molecule has 5 N–H and O–H groups in total. The third-order valence-electron chi connectivity index (χ3n) is 4.05. The zero-order valence-electron chi connectivity index (χ0n) is 8.90. The maximum absolute atomic E-state index is 9.86. The van der Waals surface area contributed by atoms with Crippen molar-refractivity contribution in [2.45, 2.75) is 36.6 Å². The first kappa shape index (κ1) is 9.78. The van der Waals surface area contributed by atoms with Gasteiger partial charge in [-0.3, -0.25) is 0 Å². The molecule has 0 amide bonds. The molecule has 4 heteroatoms. The Morgan fingerprint density at radius 1 is 0.938 bits per heavy atom. The number of phenolic OH excluding ortho intramolecular Hbond substituents is 3. The summed E-state index contributed by atoms with van der Waals surface area (Å²) in [4.78, 5) is 0. The Bertz CT molecular complexity index is 438. The lowest BCUT2D eigenvalue weighted by Gasteiger charge is -2.25. The molecule has 1 aromatic rings. The van der Waals surface area contributed by atoms with Crippen LogP contribution in [0.15, 0.2) is 12.1 Å². The van der Waals surface area contributed by atoms with Gasteiger partial charge in [0.1, 0.15) is 17.2 Å². The van der Waals surface area contributed by atoms with E-state index in [-0.39, 0.29) is 28.2 Å². The van der Waals surface area contributed by atoms with Crippen LogP contribution < -0.4 is 5.73 Å². The second kappa shape index (κ2) is 2.63. The van der Waals surface area contributed by atoms with E-state index in [0.717, 1.165) is 25.7 Å². The molecule has 4 nitrogen and oxygen atoms in total. The van der Waals surface area contributed by atoms with Crippen LogP contribution in [-0.2, 0) is 5.41 Å². The molecule has 86 valence electrons. The van der Waals surface area contributed by atoms with Gasteiger partial charge >= 0.3 is 0 Å². The van der Waals surface area contributed by atoms with E-state index in [0.29, 0.717) is 5.56 Å². The first-order valence-electron chi connectivity index (χ1n) is 5.53. The van der Waals surface area contributed by atoms with E-state index in [1.54, 1.807) is 0 Å². The summed E-state index contributed by atoms with van der Waals surface area (Å²) in [6, 6.07) is 2.53. The average molecular weight is 221 g/mol. The number of rotatable bonds is 2. The van der Waals surface area contributed by atoms with Crippen LogP contribution in [0.25, 0.3) is 0 Å². The molecule has 3 rings (SSSR count). The first-order valence-corrected chi connectivity index (χ1v) is 5.53. The van der Waals surface area contributed by atoms with Crippen LogP contribution in [0.1, 0.15) is 31.2 Å². The molecule has 1 aromatic carbocycles. The van der Waals surface area contributed by atoms with Crippen molar-refractivity contribution in [1.29, 1.82) is 0 Å². The van der Waals surface area contributed by atoms with Crippen molar-refractivity contribution in [3.05, 3.63) is 17.7 Å². The lowest BCUT2D eigenvalue weighted by Crippen LogP contribution is -2.37. The highest BCUT2D eigenvalue weighted by Gasteiger charge is 2.65. The lowest BCUT2D eigenvalue weighted by molar-refractivity contribution is 0.390. The van der Waals surface area contributed by atoms with Crippen molar-refractivity contribution in [3.63, 3.8) is 0 Å². The molecule has 2 saturated carbocycles. The fraction of sp³-hybridized carbons (Fsp3) is 0.500. The summed E-state index contributed by atoms with van der Waals surface area (Å²) in [6.07, 6.45) is 3.67. The summed E-state index contributed by atoms with van der Waals surface area (Å²) in [5.41, 5.74) is 6.19. The number of benzene rings is 1. The van der Waals surface area contributed by atoms with Crippen molar-refractivity contribution < 1.29 is 15.3 Å². The molecule has 16 heavy (non-hydrogen) atoms. The van der Waals surface area contributed by atoms with Crippen molar-refractivity contribution >= 4 is 0 Å². The summed E-state index contributed by atoms with van der Waals surface area (Å²) in [6.45, 7) is 0. The topological polar surface area (TPSA) is 86.7 Å². The van der Waals surface area contributed by atoms with Gasteiger partial charge in [-0.05, 0) is 25.7 Å². The second-order valence-electron chi connectivity index (χ2n) is 5.10. The van der Waals surface area contributed by atoms with Gasteiger partial charge in [0.15, 0.2) is 0 Å². The molecule has 2 fully saturated rings. The van der Waals surface area contributed by atoms with Crippen LogP contribution in [0.4, 0.5) is 0 Å². The molecule has 0 spiro atoms. The van der Waals surface area contributed by atoms with Gasteiger partial charge in [-0.25, -0.2) is 0 Å². The predicted molar refractivity (Wildman–Crippen MR) is 58.5 cm³/mol. The van der Waals surface area contributed by atoms with Crippen molar-refractivity contribution in [3.8, 4) is 17.2 Å². The molecule has 2 aliphatic carbocycles. The molecular formula is C12H15NO3. The van der Waals surface area contributed by atoms with Gasteiger partial charge in [0, 0.05) is 28.7 Å². The maximum atomic E-state index is 9.86. The van der Waals surface area contributed by atoms with Crippen molar-refractivity contribution in [2.24, 2.45) is 5.73 Å². The molecule has 0 atom stereocenters. The van der Waals surface area contributed by atoms with Crippen LogP contribution in [-0.4, -0.2) is 20.9 Å². The molecule has 0 aliphatic heterocycles. The second-order valence-corrected chi connectivity index (χ2v) is 5.10. The third-order valence-corrected chi connectivity index (χ3v) is 4.05. The third kappa shape index (κ3) is 1.08. The number of nitrogens with two attached hydrogens (primary N) is 1. The number of hydrogen-bond acceptors (Lipinski definition) is 4. The molecule has 0 saturated heterocycles. The molecule has 0 aromatic heterocycles. The molecule has 2 aliphatic rings. The molecule has 0 heterocycles. The summed E-state index contributed by atoms with van der Waals surface area (Å²) < 4.78 is 0. The van der Waals surface area contributed by atoms with Crippen LogP contribution in [0.5, 0.6) is 17.2 Å². The van der Waals surface area contributed by atoms with E-state index in [2.05, 4.69) is 0 Å². The zero-order valence-corrected chi connectivity index (χ0v) is 8.90. The van der Waals surface area contributed by atoms with Gasteiger partial charge in [0.05, 0.1) is 0 Å². The SMILES string of the molecule is NC1(C2(c3c(O)cc(O)cc3O)CC2)CC1. The van der Waals surface area contributed by atoms with E-state index in [1.807, 2.05) is 0 Å². The van der Waals surface area contributed by atoms with E-state index in [9.17, 15) is 15.3 Å². The smallest absolute Gasteiger partial charge is 0.126 e. The van der Waals surface area contributed by atoms with Gasteiger partial charge in [-0.15, -0.1) is 0 Å². The lowest BCUT2D eigenvalue weighted by atomic mass is 9.85. The van der Waals surface area contributed by atoms with Gasteiger partial charge in [-0.1, -0.05) is 0 Å². The largest absolute Gasteiger partial charge is 0.508 e. The summed E-state index contributed by atoms with van der Waals surface area (Å²) >= 11 is 0. The summed E-state index contributed by atoms with van der Waals surface area (Å²) in [5.74, 6) is -0.227. The number of phenols is 3. The Morgan fingerprint density at radius 2 is 1.44 bits per heavy atom. The van der Waals surface area contributed by atoms with E-state index < -0.39 is 0 Å². The van der Waals surface area contributed by atoms with E-state index in [1.165, 1.54) is 12.1 Å². The van der Waals surface area contributed by atoms with Crippen LogP contribution in [0, 0.1) is 0 Å². The Balaban J connectivity index is 2.14. The Morgan fingerprint density at radius 3 is 1.81 bits per heavy atom. The van der Waals surface area contributed by atoms with Gasteiger partial charge in [0.25, 0.3) is 0 Å². The number of hydrogen-bond donors (Lipinski definition) is 4. The maximum Gasteiger partial charge on any atom is 0.126 e. The summed E-state index contributed by atoms with van der Waals surface area (Å²) in [7, 11) is 0. The molecule has 0 bridgehead atoms. The Kier molecular flexibility index (Phi) is 1.61. The molecule has 0 unspecified atom stereocenters. The minimum absolute atomic E-state index is 0.0493. The van der Waals surface area contributed by atoms with Crippen molar-refractivity contribution in [1.82, 2.24) is 0 Å². The summed E-state index contributed by atoms with van der Waals surface area (Å²) in [5, 5.41) is 29.0. The van der Waals surface area contributed by atoms with E-state index >= 15 is 0 Å². The van der Waals surface area contributed by atoms with Crippen LogP contribution in [0.3, 0.4) is 0 Å². The normalized spacial score (nSPS) is 24.1. The predicted octanol–water partition coefficient (Wildman–Crippen LogP) is 1.33. The fourth-order valence-corrected chi connectivity index (χ4v) is 2.82. The standard InChI is InChI=1S/C12H15NO3/c13-12(3-4-12)11(1-2-11)10-8(15)5-7(14)6-9(10)16/h5-6,14-16H,1-4,13H2. The zero-order chi connectivity index (χ0) is 11.6. The fourth-order valence-electron chi connectivity index (χ4n) is 2.82. The highest BCUT2D eigenvalue weighted by atomic mass is 16.3. The van der Waals surface area contributed by atoms with Crippen LogP contribution >= 0.6 is 0 Å². The minimum atomic E-state index is -0.269. The minimum Gasteiger partial charge on any atom is -0.508 e. The van der Waals surface area contributed by atoms with Gasteiger partial charge in [0.2, 0.25) is 0 Å². The first-order chi connectivity index (χ1) is 7.48. The Hall–Kier alpha value is -1.42. The molecular weight excluding hydrogens is 206 g/mol. The van der Waals surface area contributed by atoms with Gasteiger partial charge in [-0.2, -0.15) is 0 Å². The average Bonchev–Trinajstić information content (AvgIpc) is 3.01.